The van der Waals surface area contributed by atoms with E-state index in [1.165, 1.54) is 5.56 Å². The number of hydrogen-bond donors (Lipinski definition) is 1. The molecular formula is C14H15N3. The molecule has 1 aromatic rings. The van der Waals surface area contributed by atoms with Crippen molar-refractivity contribution in [1.29, 1.82) is 0 Å². The molecule has 3 nitrogen and oxygen atoms in total. The van der Waals surface area contributed by atoms with Gasteiger partial charge in [0.05, 0.1) is 12.3 Å². The van der Waals surface area contributed by atoms with Gasteiger partial charge in [-0.3, -0.25) is 4.99 Å². The van der Waals surface area contributed by atoms with Crippen molar-refractivity contribution in [2.24, 2.45) is 4.99 Å². The molecule has 0 saturated heterocycles. The molecule has 0 radical (unpaired) electrons. The Labute approximate surface area is 101 Å². The normalized spacial score (nSPS) is 17.6. The third-order valence-electron chi connectivity index (χ3n) is 2.95. The van der Waals surface area contributed by atoms with Crippen molar-refractivity contribution in [1.82, 2.24) is 4.98 Å². The van der Waals surface area contributed by atoms with Crippen LogP contribution in [0.3, 0.4) is 0 Å². The zero-order valence-electron chi connectivity index (χ0n) is 10.5. The Hall–Kier alpha value is -2.08. The molecule has 1 aliphatic rings. The van der Waals surface area contributed by atoms with Crippen LogP contribution in [0.2, 0.25) is 0 Å². The summed E-state index contributed by atoms with van der Waals surface area (Å²) < 4.78 is 0. The van der Waals surface area contributed by atoms with Gasteiger partial charge in [-0.2, -0.15) is 0 Å². The third kappa shape index (κ3) is 1.94. The standard InChI is InChI=1S/C14H15N3/c1-8-6-9(2)16-12(8)7-13-10(3)14(15-5)11(4)17-13/h6-7,16H,1-4H3. The summed E-state index contributed by atoms with van der Waals surface area (Å²) >= 11 is 0. The van der Waals surface area contributed by atoms with Crippen LogP contribution in [0.4, 0.5) is 0 Å². The maximum absolute atomic E-state index is 7.13. The van der Waals surface area contributed by atoms with E-state index in [1.54, 1.807) is 0 Å². The number of nitrogens with one attached hydrogen (secondary N) is 1. The minimum Gasteiger partial charge on any atom is -0.359 e. The maximum Gasteiger partial charge on any atom is 0.212 e. The molecule has 3 heteroatoms. The van der Waals surface area contributed by atoms with Crippen LogP contribution in [0.25, 0.3) is 10.9 Å². The van der Waals surface area contributed by atoms with E-state index in [2.05, 4.69) is 27.8 Å². The summed E-state index contributed by atoms with van der Waals surface area (Å²) in [6.07, 6.45) is 2.01. The molecule has 0 saturated carbocycles. The average Bonchev–Trinajstić information content (AvgIpc) is 2.69. The average molecular weight is 225 g/mol. The van der Waals surface area contributed by atoms with Crippen molar-refractivity contribution in [3.63, 3.8) is 0 Å². The number of H-pyrrole nitrogens is 1. The Bertz CT molecular complexity index is 604. The van der Waals surface area contributed by atoms with Gasteiger partial charge in [0.25, 0.3) is 0 Å². The fraction of sp³-hybridized carbons (Fsp3) is 0.286. The Balaban J connectivity index is 2.48. The van der Waals surface area contributed by atoms with Crippen LogP contribution in [0.5, 0.6) is 0 Å². The zero-order chi connectivity index (χ0) is 12.6. The number of rotatable bonds is 1. The van der Waals surface area contributed by atoms with Crippen LogP contribution in [-0.2, 0) is 0 Å². The summed E-state index contributed by atoms with van der Waals surface area (Å²) in [5.74, 6) is 0. The number of aromatic amines is 1. The molecule has 0 aliphatic carbocycles. The molecule has 0 aromatic carbocycles. The molecule has 17 heavy (non-hydrogen) atoms. The Morgan fingerprint density at radius 2 is 2.00 bits per heavy atom. The van der Waals surface area contributed by atoms with Crippen molar-refractivity contribution in [3.8, 4) is 0 Å². The van der Waals surface area contributed by atoms with Gasteiger partial charge in [0.1, 0.15) is 0 Å². The highest BCUT2D eigenvalue weighted by Gasteiger charge is 2.17. The monoisotopic (exact) mass is 225 g/mol. The maximum atomic E-state index is 7.13. The molecule has 2 heterocycles. The fourth-order valence-electron chi connectivity index (χ4n) is 2.05. The number of hydrogen-bond acceptors (Lipinski definition) is 1. The molecule has 1 N–H and O–H groups in total. The zero-order valence-corrected chi connectivity index (χ0v) is 10.5. The van der Waals surface area contributed by atoms with E-state index in [4.69, 9.17) is 6.57 Å². The van der Waals surface area contributed by atoms with Crippen molar-refractivity contribution >= 4 is 11.8 Å². The Morgan fingerprint density at radius 3 is 2.47 bits per heavy atom. The third-order valence-corrected chi connectivity index (χ3v) is 2.95. The number of aromatic nitrogens is 1. The predicted molar refractivity (Wildman–Crippen MR) is 70.7 cm³/mol. The summed E-state index contributed by atoms with van der Waals surface area (Å²) in [6, 6.07) is 2.10. The molecule has 1 aromatic heterocycles. The number of aryl methyl sites for hydroxylation is 2. The first kappa shape index (κ1) is 11.4. The predicted octanol–water partition coefficient (Wildman–Crippen LogP) is 3.64. The van der Waals surface area contributed by atoms with Crippen molar-refractivity contribution < 1.29 is 0 Å². The van der Waals surface area contributed by atoms with E-state index < -0.39 is 0 Å². The summed E-state index contributed by atoms with van der Waals surface area (Å²) in [5, 5.41) is 0. The molecule has 0 unspecified atom stereocenters. The van der Waals surface area contributed by atoms with Crippen LogP contribution in [-0.4, -0.2) is 10.7 Å². The minimum absolute atomic E-state index is 0.678. The van der Waals surface area contributed by atoms with E-state index in [0.29, 0.717) is 5.70 Å². The lowest BCUT2D eigenvalue weighted by molar-refractivity contribution is 1.23. The fourth-order valence-corrected chi connectivity index (χ4v) is 2.05. The van der Waals surface area contributed by atoms with Gasteiger partial charge in [0.15, 0.2) is 0 Å². The number of aliphatic imine (C=N–C) groups is 1. The van der Waals surface area contributed by atoms with E-state index in [0.717, 1.165) is 28.4 Å². The smallest absolute Gasteiger partial charge is 0.212 e. The molecule has 0 atom stereocenters. The molecule has 0 bridgehead atoms. The summed E-state index contributed by atoms with van der Waals surface area (Å²) in [7, 11) is 0. The van der Waals surface area contributed by atoms with Gasteiger partial charge in [0, 0.05) is 17.1 Å². The van der Waals surface area contributed by atoms with Gasteiger partial charge in [-0.1, -0.05) is 0 Å². The molecule has 0 amide bonds. The van der Waals surface area contributed by atoms with E-state index in [-0.39, 0.29) is 0 Å². The van der Waals surface area contributed by atoms with Crippen molar-refractivity contribution in [3.05, 3.63) is 51.4 Å². The summed E-state index contributed by atoms with van der Waals surface area (Å²) in [5.41, 5.74) is 6.75. The van der Waals surface area contributed by atoms with Gasteiger partial charge in [-0.25, -0.2) is 4.85 Å². The van der Waals surface area contributed by atoms with Crippen molar-refractivity contribution in [2.45, 2.75) is 27.7 Å². The van der Waals surface area contributed by atoms with E-state index in [1.807, 2.05) is 26.8 Å². The van der Waals surface area contributed by atoms with Crippen LogP contribution in [0.15, 0.2) is 28.0 Å². The molecular weight excluding hydrogens is 210 g/mol. The van der Waals surface area contributed by atoms with Crippen LogP contribution in [0.1, 0.15) is 30.8 Å². The Morgan fingerprint density at radius 1 is 1.29 bits per heavy atom. The quantitative estimate of drug-likeness (QED) is 0.708. The summed E-state index contributed by atoms with van der Waals surface area (Å²) in [6.45, 7) is 15.1. The molecule has 0 spiro atoms. The molecule has 0 fully saturated rings. The molecule has 1 aliphatic heterocycles. The highest BCUT2D eigenvalue weighted by molar-refractivity contribution is 6.05. The Kier molecular flexibility index (Phi) is 2.72. The lowest BCUT2D eigenvalue weighted by Gasteiger charge is -1.97. The first-order chi connectivity index (χ1) is 8.02. The lowest BCUT2D eigenvalue weighted by Crippen LogP contribution is -1.87. The van der Waals surface area contributed by atoms with Crippen molar-refractivity contribution in [2.75, 3.05) is 0 Å². The van der Waals surface area contributed by atoms with E-state index in [9.17, 15) is 0 Å². The van der Waals surface area contributed by atoms with E-state index >= 15 is 0 Å². The SMILES string of the molecule is [C-]#[N+]C1=C(C)C(=Cc2[nH]c(C)cc2C)N=C1C. The summed E-state index contributed by atoms with van der Waals surface area (Å²) in [4.78, 5) is 11.2. The number of allylic oxidation sites excluding steroid dienone is 2. The van der Waals surface area contributed by atoms with Crippen LogP contribution >= 0.6 is 0 Å². The second-order valence-corrected chi connectivity index (χ2v) is 4.36. The number of nitrogens with zero attached hydrogens (tertiary/aromatic N) is 2. The molecule has 86 valence electrons. The highest BCUT2D eigenvalue weighted by Crippen LogP contribution is 2.28. The largest absolute Gasteiger partial charge is 0.359 e. The first-order valence-electron chi connectivity index (χ1n) is 5.55. The topological polar surface area (TPSA) is 32.5 Å². The first-order valence-corrected chi connectivity index (χ1v) is 5.55. The van der Waals surface area contributed by atoms with Gasteiger partial charge >= 0.3 is 0 Å². The van der Waals surface area contributed by atoms with Gasteiger partial charge in [0.2, 0.25) is 5.70 Å². The van der Waals surface area contributed by atoms with Crippen LogP contribution in [0, 0.1) is 20.4 Å². The van der Waals surface area contributed by atoms with Crippen LogP contribution < -0.4 is 0 Å². The molecule has 2 rings (SSSR count). The second-order valence-electron chi connectivity index (χ2n) is 4.36. The van der Waals surface area contributed by atoms with Gasteiger partial charge in [-0.05, 0) is 51.0 Å². The highest BCUT2D eigenvalue weighted by atomic mass is 14.9. The lowest BCUT2D eigenvalue weighted by atomic mass is 10.1. The minimum atomic E-state index is 0.678. The van der Waals surface area contributed by atoms with Gasteiger partial charge < -0.3 is 4.98 Å². The van der Waals surface area contributed by atoms with Gasteiger partial charge in [-0.15, -0.1) is 0 Å². The second kappa shape index (κ2) is 4.06.